The minimum atomic E-state index is -2.00. The predicted molar refractivity (Wildman–Crippen MR) is 110 cm³/mol. The van der Waals surface area contributed by atoms with Gasteiger partial charge < -0.3 is 24.8 Å². The van der Waals surface area contributed by atoms with Crippen LogP contribution in [0.15, 0.2) is 54.6 Å². The summed E-state index contributed by atoms with van der Waals surface area (Å²) in [4.78, 5) is 24.1. The van der Waals surface area contributed by atoms with Gasteiger partial charge in [-0.15, -0.1) is 0 Å². The van der Waals surface area contributed by atoms with Gasteiger partial charge in [-0.25, -0.2) is 4.79 Å². The van der Waals surface area contributed by atoms with E-state index < -0.39 is 36.7 Å². The lowest BCUT2D eigenvalue weighted by atomic mass is 9.93. The Morgan fingerprint density at radius 2 is 1.80 bits per heavy atom. The Kier molecular flexibility index (Phi) is 8.29. The largest absolute Gasteiger partial charge is 0.459 e. The predicted octanol–water partition coefficient (Wildman–Crippen LogP) is 2.18. The van der Waals surface area contributed by atoms with E-state index in [0.717, 1.165) is 5.56 Å². The fourth-order valence-corrected chi connectivity index (χ4v) is 2.54. The Bertz CT molecular complexity index is 890. The number of rotatable bonds is 9. The molecule has 1 unspecified atom stereocenters. The molecule has 7 nitrogen and oxygen atoms in total. The zero-order chi connectivity index (χ0) is 22.1. The van der Waals surface area contributed by atoms with Crippen molar-refractivity contribution >= 4 is 18.0 Å². The van der Waals surface area contributed by atoms with Gasteiger partial charge in [0.15, 0.2) is 5.60 Å². The Hall–Kier alpha value is -3.00. The Labute approximate surface area is 175 Å². The standard InChI is InChI=1S/C23H26O7/c1-16(2)22(27)30-20-12-18(13-24)8-10-19(20)23(28,14-25)15-29-21(26)11-9-17-6-4-3-5-7-17/h3-12,16,24-25,28H,13-15H2,1-2H3. The van der Waals surface area contributed by atoms with Crippen molar-refractivity contribution in [3.8, 4) is 5.75 Å². The normalized spacial score (nSPS) is 13.3. The van der Waals surface area contributed by atoms with E-state index in [1.807, 2.05) is 30.3 Å². The third-order valence-electron chi connectivity index (χ3n) is 4.34. The molecule has 0 saturated carbocycles. The minimum Gasteiger partial charge on any atom is -0.459 e. The Balaban J connectivity index is 2.20. The molecule has 0 amide bonds. The number of carbonyl (C=O) groups excluding carboxylic acids is 2. The van der Waals surface area contributed by atoms with Crippen LogP contribution in [0.4, 0.5) is 0 Å². The van der Waals surface area contributed by atoms with Crippen LogP contribution in [0.25, 0.3) is 6.08 Å². The number of hydrogen-bond donors (Lipinski definition) is 3. The monoisotopic (exact) mass is 414 g/mol. The highest BCUT2D eigenvalue weighted by atomic mass is 16.5. The van der Waals surface area contributed by atoms with Gasteiger partial charge in [0, 0.05) is 11.6 Å². The van der Waals surface area contributed by atoms with Crippen LogP contribution >= 0.6 is 0 Å². The molecule has 3 N–H and O–H groups in total. The van der Waals surface area contributed by atoms with Crippen molar-refractivity contribution in [1.82, 2.24) is 0 Å². The van der Waals surface area contributed by atoms with Crippen LogP contribution in [0.3, 0.4) is 0 Å². The second kappa shape index (κ2) is 10.7. The topological polar surface area (TPSA) is 113 Å². The van der Waals surface area contributed by atoms with Crippen molar-refractivity contribution < 1.29 is 34.4 Å². The summed E-state index contributed by atoms with van der Waals surface area (Å²) >= 11 is 0. The first-order chi connectivity index (χ1) is 14.3. The molecule has 1 atom stereocenters. The fraction of sp³-hybridized carbons (Fsp3) is 0.304. The van der Waals surface area contributed by atoms with Gasteiger partial charge in [-0.2, -0.15) is 0 Å². The molecular weight excluding hydrogens is 388 g/mol. The molecule has 0 aliphatic carbocycles. The van der Waals surface area contributed by atoms with Crippen LogP contribution in [0.2, 0.25) is 0 Å². The third-order valence-corrected chi connectivity index (χ3v) is 4.34. The van der Waals surface area contributed by atoms with Gasteiger partial charge in [-0.05, 0) is 23.3 Å². The lowest BCUT2D eigenvalue weighted by molar-refractivity contribution is -0.150. The fourth-order valence-electron chi connectivity index (χ4n) is 2.54. The zero-order valence-electron chi connectivity index (χ0n) is 16.9. The molecule has 0 radical (unpaired) electrons. The maximum atomic E-state index is 12.0. The van der Waals surface area contributed by atoms with E-state index in [1.165, 1.54) is 24.3 Å². The number of aliphatic hydroxyl groups excluding tert-OH is 2. The molecule has 0 spiro atoms. The van der Waals surface area contributed by atoms with Gasteiger partial charge in [-0.3, -0.25) is 4.79 Å². The van der Waals surface area contributed by atoms with E-state index in [1.54, 1.807) is 19.9 Å². The van der Waals surface area contributed by atoms with Crippen molar-refractivity contribution in [2.24, 2.45) is 5.92 Å². The van der Waals surface area contributed by atoms with Crippen LogP contribution in [0.1, 0.15) is 30.5 Å². The van der Waals surface area contributed by atoms with Crippen LogP contribution in [-0.4, -0.2) is 40.5 Å². The molecule has 0 aliphatic rings. The highest BCUT2D eigenvalue weighted by molar-refractivity contribution is 5.87. The van der Waals surface area contributed by atoms with E-state index >= 15 is 0 Å². The Morgan fingerprint density at radius 1 is 1.10 bits per heavy atom. The second-order valence-corrected chi connectivity index (χ2v) is 7.11. The first-order valence-electron chi connectivity index (χ1n) is 9.48. The van der Waals surface area contributed by atoms with Gasteiger partial charge in [0.05, 0.1) is 19.1 Å². The first kappa shape index (κ1) is 23.3. The summed E-state index contributed by atoms with van der Waals surface area (Å²) in [6.45, 7) is 1.65. The van der Waals surface area contributed by atoms with E-state index in [2.05, 4.69) is 0 Å². The van der Waals surface area contributed by atoms with Gasteiger partial charge in [0.1, 0.15) is 12.4 Å². The molecule has 0 aliphatic heterocycles. The molecule has 0 saturated heterocycles. The van der Waals surface area contributed by atoms with E-state index in [0.29, 0.717) is 5.56 Å². The number of aliphatic hydroxyl groups is 3. The van der Waals surface area contributed by atoms with Crippen LogP contribution in [0.5, 0.6) is 5.75 Å². The molecule has 30 heavy (non-hydrogen) atoms. The average Bonchev–Trinajstić information content (AvgIpc) is 2.76. The van der Waals surface area contributed by atoms with Crippen molar-refractivity contribution in [3.05, 3.63) is 71.3 Å². The quantitative estimate of drug-likeness (QED) is 0.327. The summed E-state index contributed by atoms with van der Waals surface area (Å²) < 4.78 is 10.4. The minimum absolute atomic E-state index is 0.0207. The SMILES string of the molecule is CC(C)C(=O)Oc1cc(CO)ccc1C(O)(CO)COC(=O)C=Cc1ccccc1. The molecule has 2 rings (SSSR count). The highest BCUT2D eigenvalue weighted by Gasteiger charge is 2.34. The van der Waals surface area contributed by atoms with Crippen molar-refractivity contribution in [1.29, 1.82) is 0 Å². The van der Waals surface area contributed by atoms with E-state index in [-0.39, 0.29) is 17.9 Å². The summed E-state index contributed by atoms with van der Waals surface area (Å²) in [5.74, 6) is -1.71. The number of hydrogen-bond acceptors (Lipinski definition) is 7. The molecule has 0 aromatic heterocycles. The number of benzene rings is 2. The maximum absolute atomic E-state index is 12.0. The molecule has 160 valence electrons. The van der Waals surface area contributed by atoms with Gasteiger partial charge >= 0.3 is 11.9 Å². The number of ether oxygens (including phenoxy) is 2. The van der Waals surface area contributed by atoms with Crippen molar-refractivity contribution in [2.75, 3.05) is 13.2 Å². The number of carbonyl (C=O) groups is 2. The van der Waals surface area contributed by atoms with Crippen LogP contribution in [-0.2, 0) is 26.5 Å². The molecule has 7 heteroatoms. The highest BCUT2D eigenvalue weighted by Crippen LogP contribution is 2.32. The number of esters is 2. The Morgan fingerprint density at radius 3 is 2.40 bits per heavy atom. The summed E-state index contributed by atoms with van der Waals surface area (Å²) in [6, 6.07) is 13.4. The van der Waals surface area contributed by atoms with Crippen LogP contribution in [0, 0.1) is 5.92 Å². The van der Waals surface area contributed by atoms with Crippen molar-refractivity contribution in [3.63, 3.8) is 0 Å². The zero-order valence-corrected chi connectivity index (χ0v) is 16.9. The summed E-state index contributed by atoms with van der Waals surface area (Å²) in [5, 5.41) is 30.1. The molecule has 2 aromatic carbocycles. The third kappa shape index (κ3) is 6.25. The molecule has 0 fully saturated rings. The molecule has 0 bridgehead atoms. The first-order valence-corrected chi connectivity index (χ1v) is 9.48. The average molecular weight is 414 g/mol. The second-order valence-electron chi connectivity index (χ2n) is 7.11. The summed E-state index contributed by atoms with van der Waals surface area (Å²) in [5.41, 5.74) is -0.685. The lowest BCUT2D eigenvalue weighted by Gasteiger charge is -2.28. The molecule has 0 heterocycles. The van der Waals surface area contributed by atoms with E-state index in [4.69, 9.17) is 9.47 Å². The summed E-state index contributed by atoms with van der Waals surface area (Å²) in [6.07, 6.45) is 2.77. The lowest BCUT2D eigenvalue weighted by Crippen LogP contribution is -2.37. The van der Waals surface area contributed by atoms with Crippen LogP contribution < -0.4 is 4.74 Å². The molecule has 2 aromatic rings. The summed E-state index contributed by atoms with van der Waals surface area (Å²) in [7, 11) is 0. The smallest absolute Gasteiger partial charge is 0.330 e. The van der Waals surface area contributed by atoms with Crippen molar-refractivity contribution in [2.45, 2.75) is 26.1 Å². The van der Waals surface area contributed by atoms with Gasteiger partial charge in [0.25, 0.3) is 0 Å². The van der Waals surface area contributed by atoms with E-state index in [9.17, 15) is 24.9 Å². The van der Waals surface area contributed by atoms with Gasteiger partial charge in [0.2, 0.25) is 0 Å². The van der Waals surface area contributed by atoms with Gasteiger partial charge in [-0.1, -0.05) is 56.3 Å². The molecular formula is C23H26O7. The maximum Gasteiger partial charge on any atom is 0.330 e.